The van der Waals surface area contributed by atoms with E-state index in [1.807, 2.05) is 18.4 Å². The second-order valence-electron chi connectivity index (χ2n) is 8.33. The fourth-order valence-corrected chi connectivity index (χ4v) is 5.09. The predicted octanol–water partition coefficient (Wildman–Crippen LogP) is 3.09. The van der Waals surface area contributed by atoms with Crippen molar-refractivity contribution in [2.75, 3.05) is 53.0 Å². The van der Waals surface area contributed by atoms with E-state index in [0.717, 1.165) is 57.5 Å². The molecular formula is C21H37IN4O2S. The van der Waals surface area contributed by atoms with Crippen LogP contribution in [0, 0.1) is 11.3 Å². The summed E-state index contributed by atoms with van der Waals surface area (Å²) >= 11 is 1.84. The van der Waals surface area contributed by atoms with Crippen molar-refractivity contribution in [2.45, 2.75) is 38.6 Å². The maximum Gasteiger partial charge on any atom is 0.191 e. The van der Waals surface area contributed by atoms with Crippen LogP contribution in [0.2, 0.25) is 0 Å². The summed E-state index contributed by atoms with van der Waals surface area (Å²) in [4.78, 5) is 8.46. The van der Waals surface area contributed by atoms with Crippen molar-refractivity contribution < 1.29 is 9.84 Å². The molecule has 1 aromatic heterocycles. The highest BCUT2D eigenvalue weighted by Gasteiger charge is 2.34. The van der Waals surface area contributed by atoms with E-state index in [0.29, 0.717) is 12.6 Å². The minimum atomic E-state index is 0. The molecule has 29 heavy (non-hydrogen) atoms. The molecule has 2 unspecified atom stereocenters. The number of guanidine groups is 1. The first-order chi connectivity index (χ1) is 13.7. The fraction of sp³-hybridized carbons (Fsp3) is 0.762. The van der Waals surface area contributed by atoms with Gasteiger partial charge in [0, 0.05) is 43.6 Å². The van der Waals surface area contributed by atoms with E-state index in [1.165, 1.54) is 17.7 Å². The number of likely N-dealkylation sites (tertiary alicyclic amines) is 1. The fourth-order valence-electron chi connectivity index (χ4n) is 4.23. The molecule has 2 fully saturated rings. The Hall–Kier alpha value is -0.420. The third-order valence-electron chi connectivity index (χ3n) is 6.28. The van der Waals surface area contributed by atoms with Gasteiger partial charge in [0.25, 0.3) is 0 Å². The zero-order valence-electron chi connectivity index (χ0n) is 17.7. The van der Waals surface area contributed by atoms with Crippen molar-refractivity contribution in [3.05, 3.63) is 22.4 Å². The summed E-state index contributed by atoms with van der Waals surface area (Å²) in [5, 5.41) is 18.6. The number of nitrogens with one attached hydrogen (secondary N) is 2. The van der Waals surface area contributed by atoms with Crippen LogP contribution in [0.3, 0.4) is 0 Å². The van der Waals surface area contributed by atoms with Crippen LogP contribution in [-0.4, -0.2) is 69.0 Å². The number of rotatable bonds is 8. The summed E-state index contributed by atoms with van der Waals surface area (Å²) in [5.74, 6) is 1.66. The number of aliphatic hydroxyl groups excluding tert-OH is 1. The minimum absolute atomic E-state index is 0. The number of nitrogens with zero attached hydrogens (tertiary/aromatic N) is 2. The molecule has 0 aliphatic carbocycles. The Bertz CT molecular complexity index is 600. The molecule has 0 aromatic carbocycles. The summed E-state index contributed by atoms with van der Waals surface area (Å²) in [6, 6.07) is 4.77. The molecule has 0 radical (unpaired) electrons. The molecule has 0 bridgehead atoms. The zero-order chi connectivity index (χ0) is 19.8. The van der Waals surface area contributed by atoms with Gasteiger partial charge in [0.1, 0.15) is 0 Å². The van der Waals surface area contributed by atoms with Gasteiger partial charge in [0.05, 0.1) is 12.6 Å². The van der Waals surface area contributed by atoms with Crippen LogP contribution in [0.1, 0.15) is 43.5 Å². The summed E-state index contributed by atoms with van der Waals surface area (Å²) in [5.41, 5.74) is 0.0164. The Morgan fingerprint density at radius 2 is 2.21 bits per heavy atom. The SMILES string of the molecule is CN=C(NCC(c1cccs1)N1CCC(C)CC1)NCC1(CCO)CCOC1.I. The van der Waals surface area contributed by atoms with E-state index in [9.17, 15) is 5.11 Å². The van der Waals surface area contributed by atoms with Crippen LogP contribution in [0.5, 0.6) is 0 Å². The number of aliphatic imine (C=N–C) groups is 1. The third kappa shape index (κ3) is 7.05. The highest BCUT2D eigenvalue weighted by atomic mass is 127. The van der Waals surface area contributed by atoms with Crippen LogP contribution in [-0.2, 0) is 4.74 Å². The number of thiophene rings is 1. The topological polar surface area (TPSA) is 69.1 Å². The monoisotopic (exact) mass is 536 g/mol. The molecule has 2 aliphatic heterocycles. The third-order valence-corrected chi connectivity index (χ3v) is 7.25. The molecule has 2 atom stereocenters. The maximum atomic E-state index is 9.43. The molecule has 1 aromatic rings. The highest BCUT2D eigenvalue weighted by Crippen LogP contribution is 2.31. The Labute approximate surface area is 196 Å². The smallest absolute Gasteiger partial charge is 0.191 e. The quantitative estimate of drug-likeness (QED) is 0.271. The van der Waals surface area contributed by atoms with Crippen molar-refractivity contribution in [3.8, 4) is 0 Å². The first-order valence-electron chi connectivity index (χ1n) is 10.6. The number of aliphatic hydroxyl groups is 1. The van der Waals surface area contributed by atoms with Crippen LogP contribution in [0.15, 0.2) is 22.5 Å². The zero-order valence-corrected chi connectivity index (χ0v) is 20.9. The van der Waals surface area contributed by atoms with Crippen LogP contribution < -0.4 is 10.6 Å². The molecule has 2 aliphatic rings. The molecule has 2 saturated heterocycles. The number of halogens is 1. The molecule has 6 nitrogen and oxygen atoms in total. The second-order valence-corrected chi connectivity index (χ2v) is 9.31. The van der Waals surface area contributed by atoms with Gasteiger partial charge >= 0.3 is 0 Å². The van der Waals surface area contributed by atoms with Crippen molar-refractivity contribution in [1.82, 2.24) is 15.5 Å². The van der Waals surface area contributed by atoms with Crippen molar-refractivity contribution in [2.24, 2.45) is 16.3 Å². The van der Waals surface area contributed by atoms with Crippen molar-refractivity contribution in [1.29, 1.82) is 0 Å². The van der Waals surface area contributed by atoms with Crippen LogP contribution >= 0.6 is 35.3 Å². The Morgan fingerprint density at radius 3 is 2.79 bits per heavy atom. The number of piperidine rings is 1. The lowest BCUT2D eigenvalue weighted by Gasteiger charge is -2.36. The summed E-state index contributed by atoms with van der Waals surface area (Å²) in [6.45, 7) is 7.99. The number of hydrogen-bond acceptors (Lipinski definition) is 5. The number of ether oxygens (including phenoxy) is 1. The van der Waals surface area contributed by atoms with Crippen molar-refractivity contribution in [3.63, 3.8) is 0 Å². The van der Waals surface area contributed by atoms with E-state index in [-0.39, 0.29) is 36.0 Å². The van der Waals surface area contributed by atoms with E-state index >= 15 is 0 Å². The van der Waals surface area contributed by atoms with E-state index in [1.54, 1.807) is 0 Å². The average Bonchev–Trinajstić information content (AvgIpc) is 3.39. The lowest BCUT2D eigenvalue weighted by Crippen LogP contribution is -2.47. The Kier molecular flexibility index (Phi) is 10.7. The van der Waals surface area contributed by atoms with Gasteiger partial charge in [-0.15, -0.1) is 35.3 Å². The van der Waals surface area contributed by atoms with E-state index in [4.69, 9.17) is 4.74 Å². The van der Waals surface area contributed by atoms with Gasteiger partial charge in [-0.25, -0.2) is 0 Å². The van der Waals surface area contributed by atoms with E-state index < -0.39 is 0 Å². The van der Waals surface area contributed by atoms with Gasteiger partial charge in [-0.05, 0) is 56.1 Å². The number of hydrogen-bond donors (Lipinski definition) is 3. The summed E-state index contributed by atoms with van der Waals surface area (Å²) < 4.78 is 5.60. The second kappa shape index (κ2) is 12.4. The maximum absolute atomic E-state index is 9.43. The van der Waals surface area contributed by atoms with Crippen LogP contribution in [0.25, 0.3) is 0 Å². The molecular weight excluding hydrogens is 499 g/mol. The molecule has 166 valence electrons. The standard InChI is InChI=1S/C21H36N4O2S.HI/c1-17-5-9-25(10-6-17)18(19-4-3-13-28-19)14-23-20(22-2)24-15-21(7-11-26)8-12-27-16-21;/h3-4,13,17-18,26H,5-12,14-16H2,1-2H3,(H2,22,23,24);1H. The Balaban J connectivity index is 0.00000300. The van der Waals surface area contributed by atoms with Crippen molar-refractivity contribution >= 4 is 41.3 Å². The predicted molar refractivity (Wildman–Crippen MR) is 131 cm³/mol. The molecule has 0 amide bonds. The molecule has 3 N–H and O–H groups in total. The van der Waals surface area contributed by atoms with Gasteiger partial charge in [0.2, 0.25) is 0 Å². The normalized spacial score (nSPS) is 24.9. The van der Waals surface area contributed by atoms with Gasteiger partial charge in [0.15, 0.2) is 5.96 Å². The molecule has 3 heterocycles. The first kappa shape index (κ1) is 24.8. The lowest BCUT2D eigenvalue weighted by molar-refractivity contribution is 0.127. The Morgan fingerprint density at radius 1 is 1.41 bits per heavy atom. The lowest BCUT2D eigenvalue weighted by atomic mass is 9.84. The largest absolute Gasteiger partial charge is 0.396 e. The molecule has 3 rings (SSSR count). The van der Waals surface area contributed by atoms with Gasteiger partial charge in [-0.1, -0.05) is 13.0 Å². The summed E-state index contributed by atoms with van der Waals surface area (Å²) in [6.07, 6.45) is 4.30. The highest BCUT2D eigenvalue weighted by molar-refractivity contribution is 14.0. The minimum Gasteiger partial charge on any atom is -0.396 e. The van der Waals surface area contributed by atoms with Gasteiger partial charge in [-0.2, -0.15) is 0 Å². The van der Waals surface area contributed by atoms with Gasteiger partial charge < -0.3 is 20.5 Å². The van der Waals surface area contributed by atoms with Gasteiger partial charge in [-0.3, -0.25) is 9.89 Å². The summed E-state index contributed by atoms with van der Waals surface area (Å²) in [7, 11) is 1.82. The van der Waals surface area contributed by atoms with E-state index in [2.05, 4.69) is 45.0 Å². The first-order valence-corrected chi connectivity index (χ1v) is 11.4. The molecule has 0 saturated carbocycles. The molecule has 0 spiro atoms. The van der Waals surface area contributed by atoms with Crippen LogP contribution in [0.4, 0.5) is 0 Å². The molecule has 8 heteroatoms. The average molecular weight is 537 g/mol.